The van der Waals surface area contributed by atoms with E-state index in [0.717, 1.165) is 70.7 Å². The first kappa shape index (κ1) is 22.6. The summed E-state index contributed by atoms with van der Waals surface area (Å²) in [7, 11) is 5.83. The molecule has 1 aliphatic carbocycles. The van der Waals surface area contributed by atoms with Crippen LogP contribution in [0.25, 0.3) is 20.4 Å². The molecule has 1 N–H and O–H groups in total. The lowest BCUT2D eigenvalue weighted by molar-refractivity contribution is -0.134. The van der Waals surface area contributed by atoms with E-state index in [1.165, 1.54) is 22.0 Å². The largest absolute Gasteiger partial charge is 0.494 e. The van der Waals surface area contributed by atoms with E-state index in [0.29, 0.717) is 17.7 Å². The molecule has 182 valence electrons. The molecule has 0 unspecified atom stereocenters. The fraction of sp³-hybridized carbons (Fsp3) is 0.458. The lowest BCUT2D eigenvalue weighted by Crippen LogP contribution is -2.39. The summed E-state index contributed by atoms with van der Waals surface area (Å²) in [4.78, 5) is 29.0. The lowest BCUT2D eigenvalue weighted by Gasteiger charge is -2.27. The van der Waals surface area contributed by atoms with E-state index >= 15 is 0 Å². The maximum absolute atomic E-state index is 13.3. The van der Waals surface area contributed by atoms with Crippen molar-refractivity contribution in [1.82, 2.24) is 29.4 Å². The van der Waals surface area contributed by atoms with Crippen molar-refractivity contribution in [2.24, 2.45) is 5.92 Å². The fourth-order valence-corrected chi connectivity index (χ4v) is 7.09. The van der Waals surface area contributed by atoms with E-state index in [4.69, 9.17) is 4.74 Å². The Morgan fingerprint density at radius 3 is 2.94 bits per heavy atom. The molecule has 35 heavy (non-hydrogen) atoms. The Hall–Kier alpha value is -2.89. The highest BCUT2D eigenvalue weighted by Crippen LogP contribution is 2.42. The first-order chi connectivity index (χ1) is 17.0. The summed E-state index contributed by atoms with van der Waals surface area (Å²) < 4.78 is 10.6. The Balaban J connectivity index is 1.28. The van der Waals surface area contributed by atoms with Gasteiger partial charge in [0.25, 0.3) is 0 Å². The molecule has 1 aromatic carbocycles. The molecule has 0 saturated carbocycles. The molecule has 1 amide bonds. The Morgan fingerprint density at radius 1 is 1.26 bits per heavy atom. The average Bonchev–Trinajstić information content (AvgIpc) is 3.60. The Bertz CT molecular complexity index is 1420. The zero-order valence-electron chi connectivity index (χ0n) is 19.9. The number of thiophene rings is 1. The molecule has 1 saturated heterocycles. The molecule has 0 bridgehead atoms. The molecule has 9 nitrogen and oxygen atoms in total. The van der Waals surface area contributed by atoms with Crippen molar-refractivity contribution in [3.05, 3.63) is 28.9 Å². The van der Waals surface area contributed by atoms with Gasteiger partial charge in [0, 0.05) is 36.0 Å². The maximum atomic E-state index is 13.3. The molecule has 6 rings (SSSR count). The van der Waals surface area contributed by atoms with Crippen LogP contribution in [0.15, 0.2) is 18.5 Å². The zero-order valence-corrected chi connectivity index (χ0v) is 21.6. The number of anilines is 2. The first-order valence-electron chi connectivity index (χ1n) is 11.8. The molecule has 2 aliphatic rings. The van der Waals surface area contributed by atoms with Gasteiger partial charge in [-0.15, -0.1) is 16.4 Å². The number of aromatic nitrogens is 4. The van der Waals surface area contributed by atoms with Crippen molar-refractivity contribution >= 4 is 60.7 Å². The number of rotatable bonds is 5. The fourth-order valence-electron chi connectivity index (χ4n) is 5.24. The molecule has 4 aromatic rings. The van der Waals surface area contributed by atoms with Gasteiger partial charge >= 0.3 is 0 Å². The number of benzene rings is 1. The third kappa shape index (κ3) is 4.01. The summed E-state index contributed by atoms with van der Waals surface area (Å²) in [5.74, 6) is 1.80. The van der Waals surface area contributed by atoms with E-state index in [-0.39, 0.29) is 5.92 Å². The van der Waals surface area contributed by atoms with E-state index in [1.807, 2.05) is 12.1 Å². The molecule has 1 fully saturated rings. The van der Waals surface area contributed by atoms with E-state index < -0.39 is 0 Å². The maximum Gasteiger partial charge on any atom is 0.226 e. The summed E-state index contributed by atoms with van der Waals surface area (Å²) >= 11 is 3.04. The second-order valence-electron chi connectivity index (χ2n) is 9.45. The molecule has 1 aliphatic heterocycles. The third-order valence-electron chi connectivity index (χ3n) is 7.22. The quantitative estimate of drug-likeness (QED) is 0.435. The topological polar surface area (TPSA) is 96.4 Å². The summed E-state index contributed by atoms with van der Waals surface area (Å²) in [5.41, 5.74) is 2.90. The number of carbonyl (C=O) groups excluding carboxylic acids is 1. The van der Waals surface area contributed by atoms with Crippen LogP contribution in [0.4, 0.5) is 11.5 Å². The highest BCUT2D eigenvalue weighted by Gasteiger charge is 2.35. The molecule has 2 atom stereocenters. The number of aryl methyl sites for hydroxylation is 1. The molecule has 0 spiro atoms. The van der Waals surface area contributed by atoms with Crippen molar-refractivity contribution in [3.8, 4) is 5.75 Å². The van der Waals surface area contributed by atoms with E-state index in [2.05, 4.69) is 48.8 Å². The first-order valence-corrected chi connectivity index (χ1v) is 13.4. The second kappa shape index (κ2) is 8.96. The van der Waals surface area contributed by atoms with Gasteiger partial charge in [0.05, 0.1) is 22.9 Å². The van der Waals surface area contributed by atoms with Crippen LogP contribution in [-0.2, 0) is 17.6 Å². The number of amides is 1. The van der Waals surface area contributed by atoms with Crippen LogP contribution in [0.3, 0.4) is 0 Å². The third-order valence-corrected chi connectivity index (χ3v) is 9.07. The highest BCUT2D eigenvalue weighted by molar-refractivity contribution is 7.19. The number of nitrogens with zero attached hydrogens (tertiary/aromatic N) is 6. The van der Waals surface area contributed by atoms with Crippen molar-refractivity contribution in [3.63, 3.8) is 0 Å². The monoisotopic (exact) mass is 509 g/mol. The van der Waals surface area contributed by atoms with Crippen molar-refractivity contribution in [1.29, 1.82) is 0 Å². The molecular weight excluding hydrogens is 482 g/mol. The predicted molar refractivity (Wildman–Crippen MR) is 139 cm³/mol. The predicted octanol–water partition coefficient (Wildman–Crippen LogP) is 3.72. The minimum atomic E-state index is 0.0437. The van der Waals surface area contributed by atoms with Gasteiger partial charge in [-0.2, -0.15) is 0 Å². The van der Waals surface area contributed by atoms with Crippen LogP contribution in [0.1, 0.15) is 23.3 Å². The van der Waals surface area contributed by atoms with Crippen molar-refractivity contribution in [2.75, 3.05) is 39.6 Å². The number of nitrogens with one attached hydrogen (secondary N) is 1. The van der Waals surface area contributed by atoms with Crippen LogP contribution in [0, 0.1) is 5.92 Å². The number of hydrogen-bond acceptors (Lipinski definition) is 10. The Morgan fingerprint density at radius 2 is 2.14 bits per heavy atom. The lowest BCUT2D eigenvalue weighted by atomic mass is 9.87. The normalized spacial score (nSPS) is 20.1. The standard InChI is InChI=1S/C24H27N7O2S2/c1-30(2)14-6-7-31(11-14)24(32)13-4-5-15-19(8-13)34-23-21(15)22(25-12-26-23)27-16-10-20-17(28-29-35-20)9-18(16)33-3/h9-10,12-14H,4-8,11H2,1-3H3,(H,25,26,27)/t13-,14-/m0/s1. The Kier molecular flexibility index (Phi) is 5.78. The highest BCUT2D eigenvalue weighted by atomic mass is 32.1. The van der Waals surface area contributed by atoms with Crippen molar-refractivity contribution < 1.29 is 9.53 Å². The molecule has 0 radical (unpaired) electrons. The van der Waals surface area contributed by atoms with Gasteiger partial charge in [-0.1, -0.05) is 4.49 Å². The van der Waals surface area contributed by atoms with E-state index in [9.17, 15) is 4.79 Å². The second-order valence-corrected chi connectivity index (χ2v) is 11.3. The van der Waals surface area contributed by atoms with Gasteiger partial charge in [0.15, 0.2) is 0 Å². The minimum absolute atomic E-state index is 0.0437. The number of hydrogen-bond donors (Lipinski definition) is 1. The number of fused-ring (bicyclic) bond motifs is 4. The summed E-state index contributed by atoms with van der Waals surface area (Å²) in [6.07, 6.45) is 5.14. The molecular formula is C24H27N7O2S2. The van der Waals surface area contributed by atoms with Crippen LogP contribution in [0.2, 0.25) is 0 Å². The van der Waals surface area contributed by atoms with Gasteiger partial charge in [-0.25, -0.2) is 9.97 Å². The number of likely N-dealkylation sites (tertiary alicyclic amines) is 1. The number of likely N-dealkylation sites (N-methyl/N-ethyl adjacent to an activating group) is 1. The summed E-state index contributed by atoms with van der Waals surface area (Å²) in [6, 6.07) is 4.35. The van der Waals surface area contributed by atoms with Crippen LogP contribution in [-0.4, -0.2) is 75.6 Å². The van der Waals surface area contributed by atoms with Gasteiger partial charge in [0.1, 0.15) is 28.2 Å². The van der Waals surface area contributed by atoms with Crippen LogP contribution >= 0.6 is 22.9 Å². The van der Waals surface area contributed by atoms with Crippen molar-refractivity contribution in [2.45, 2.75) is 31.7 Å². The average molecular weight is 510 g/mol. The van der Waals surface area contributed by atoms with Crippen LogP contribution < -0.4 is 10.1 Å². The summed E-state index contributed by atoms with van der Waals surface area (Å²) in [5, 5.41) is 8.67. The number of carbonyl (C=O) groups is 1. The van der Waals surface area contributed by atoms with Gasteiger partial charge in [0.2, 0.25) is 5.91 Å². The smallest absolute Gasteiger partial charge is 0.226 e. The van der Waals surface area contributed by atoms with Gasteiger partial charge < -0.3 is 19.9 Å². The molecule has 11 heteroatoms. The number of ether oxygens (including phenoxy) is 1. The van der Waals surface area contributed by atoms with E-state index in [1.54, 1.807) is 24.8 Å². The Labute approximate surface area is 211 Å². The van der Waals surface area contributed by atoms with Gasteiger partial charge in [-0.3, -0.25) is 4.79 Å². The SMILES string of the molecule is COc1cc2nnsc2cc1Nc1ncnc2sc3c(c12)CC[C@H](C(=O)N1CC[C@H](N(C)C)C1)C3. The minimum Gasteiger partial charge on any atom is -0.494 e. The molecule has 3 aromatic heterocycles. The van der Waals surface area contributed by atoms with Crippen LogP contribution in [0.5, 0.6) is 5.75 Å². The molecule has 4 heterocycles. The van der Waals surface area contributed by atoms with Gasteiger partial charge in [-0.05, 0) is 62.9 Å². The number of methoxy groups -OCH3 is 1. The zero-order chi connectivity index (χ0) is 24.1. The summed E-state index contributed by atoms with van der Waals surface area (Å²) in [6.45, 7) is 1.70.